The lowest BCUT2D eigenvalue weighted by atomic mass is 9.88. The Morgan fingerprint density at radius 1 is 1.32 bits per heavy atom. The molecule has 2 aliphatic heterocycles. The second-order valence-corrected chi connectivity index (χ2v) is 11.9. The molecule has 0 saturated carbocycles. The summed E-state index contributed by atoms with van der Waals surface area (Å²) in [5.41, 5.74) is 0.401. The van der Waals surface area contributed by atoms with Gasteiger partial charge >= 0.3 is 6.09 Å². The molecule has 1 N–H and O–H groups in total. The van der Waals surface area contributed by atoms with Gasteiger partial charge in [0.05, 0.1) is 18.3 Å². The predicted octanol–water partition coefficient (Wildman–Crippen LogP) is 5.09. The van der Waals surface area contributed by atoms with Gasteiger partial charge in [-0.15, -0.1) is 22.9 Å². The molecule has 3 atom stereocenters. The van der Waals surface area contributed by atoms with Crippen LogP contribution in [0.5, 0.6) is 0 Å². The molecule has 2 aliphatic rings. The zero-order valence-corrected chi connectivity index (χ0v) is 22.9. The lowest BCUT2D eigenvalue weighted by Crippen LogP contribution is -2.61. The first-order valence-corrected chi connectivity index (χ1v) is 13.6. The van der Waals surface area contributed by atoms with Crippen LogP contribution in [-0.2, 0) is 16.1 Å². The molecule has 1 fully saturated rings. The molecule has 2 aromatic rings. The second kappa shape index (κ2) is 10.4. The molecule has 4 heterocycles. The molecule has 0 spiro atoms. The average molecular weight is 556 g/mol. The van der Waals surface area contributed by atoms with Crippen LogP contribution in [0.2, 0.25) is 0 Å². The third kappa shape index (κ3) is 5.44. The SMILES string of the molecule is CCCC(F)(F)c1cc2c(cn1)C(C)(C)CN2C(=O)CN1C[C@@H](C)N(C(=O)O)C[C@@H]1C(Cl)c1nccs1. The number of hydrogen-bond acceptors (Lipinski definition) is 6. The molecule has 1 saturated heterocycles. The predicted molar refractivity (Wildman–Crippen MR) is 139 cm³/mol. The van der Waals surface area contributed by atoms with Crippen LogP contribution >= 0.6 is 22.9 Å². The van der Waals surface area contributed by atoms with E-state index in [1.165, 1.54) is 28.5 Å². The summed E-state index contributed by atoms with van der Waals surface area (Å²) < 4.78 is 29.4. The van der Waals surface area contributed by atoms with Crippen molar-refractivity contribution < 1.29 is 23.5 Å². The fourth-order valence-corrected chi connectivity index (χ4v) is 6.33. The molecule has 0 aliphatic carbocycles. The fraction of sp³-hybridized carbons (Fsp3) is 0.600. The minimum Gasteiger partial charge on any atom is -0.465 e. The van der Waals surface area contributed by atoms with Gasteiger partial charge in [0.1, 0.15) is 16.1 Å². The summed E-state index contributed by atoms with van der Waals surface area (Å²) in [4.78, 5) is 38.7. The number of carbonyl (C=O) groups excluding carboxylic acids is 1. The van der Waals surface area contributed by atoms with E-state index >= 15 is 0 Å². The van der Waals surface area contributed by atoms with Gasteiger partial charge in [0.25, 0.3) is 5.92 Å². The first-order valence-electron chi connectivity index (χ1n) is 12.3. The number of halogens is 3. The van der Waals surface area contributed by atoms with Crippen molar-refractivity contribution in [2.75, 3.05) is 31.1 Å². The molecule has 1 unspecified atom stereocenters. The molecule has 202 valence electrons. The fourth-order valence-electron chi connectivity index (χ4n) is 5.21. The minimum atomic E-state index is -3.08. The van der Waals surface area contributed by atoms with E-state index in [-0.39, 0.29) is 37.2 Å². The number of amides is 2. The third-order valence-electron chi connectivity index (χ3n) is 7.19. The molecule has 0 radical (unpaired) electrons. The number of nitrogens with zero attached hydrogens (tertiary/aromatic N) is 5. The number of carboxylic acid groups (broad SMARTS) is 1. The largest absolute Gasteiger partial charge is 0.465 e. The van der Waals surface area contributed by atoms with Crippen molar-refractivity contribution in [1.82, 2.24) is 19.8 Å². The number of alkyl halides is 3. The number of pyridine rings is 1. The quantitative estimate of drug-likeness (QED) is 0.479. The van der Waals surface area contributed by atoms with Crippen LogP contribution in [0.1, 0.15) is 62.2 Å². The lowest BCUT2D eigenvalue weighted by molar-refractivity contribution is -0.121. The van der Waals surface area contributed by atoms with Gasteiger partial charge in [0, 0.05) is 60.8 Å². The van der Waals surface area contributed by atoms with E-state index in [9.17, 15) is 23.5 Å². The Hall–Kier alpha value is -2.37. The van der Waals surface area contributed by atoms with E-state index in [1.807, 2.05) is 18.7 Å². The number of fused-ring (bicyclic) bond motifs is 1. The first kappa shape index (κ1) is 27.7. The zero-order valence-electron chi connectivity index (χ0n) is 21.3. The molecule has 4 rings (SSSR count). The number of piperazine rings is 1. The van der Waals surface area contributed by atoms with Gasteiger partial charge in [-0.1, -0.05) is 27.2 Å². The van der Waals surface area contributed by atoms with Gasteiger partial charge < -0.3 is 14.9 Å². The van der Waals surface area contributed by atoms with Crippen molar-refractivity contribution >= 4 is 40.6 Å². The van der Waals surface area contributed by atoms with Crippen LogP contribution in [0, 0.1) is 0 Å². The van der Waals surface area contributed by atoms with Crippen LogP contribution < -0.4 is 4.90 Å². The summed E-state index contributed by atoms with van der Waals surface area (Å²) in [5, 5.41) is 11.5. The molecule has 8 nitrogen and oxygen atoms in total. The van der Waals surface area contributed by atoms with Crippen molar-refractivity contribution in [1.29, 1.82) is 0 Å². The number of carbonyl (C=O) groups is 2. The Bertz CT molecular complexity index is 1150. The van der Waals surface area contributed by atoms with E-state index in [0.29, 0.717) is 30.2 Å². The Morgan fingerprint density at radius 2 is 2.05 bits per heavy atom. The van der Waals surface area contributed by atoms with Crippen molar-refractivity contribution in [3.05, 3.63) is 40.1 Å². The summed E-state index contributed by atoms with van der Waals surface area (Å²) in [6.45, 7) is 8.12. The molecule has 12 heteroatoms. The summed E-state index contributed by atoms with van der Waals surface area (Å²) in [7, 11) is 0. The summed E-state index contributed by atoms with van der Waals surface area (Å²) in [6, 6.07) is 0.508. The summed E-state index contributed by atoms with van der Waals surface area (Å²) in [5.74, 6) is -3.34. The standard InChI is InChI=1S/C25H32ClF2N5O3S/c1-5-6-25(27,28)19-9-17-16(10-30-19)24(3,4)14-33(17)20(34)13-31-11-15(2)32(23(35)36)12-18(31)21(26)22-29-7-8-37-22/h7-10,15,18,21H,5-6,11-14H2,1-4H3,(H,35,36)/t15-,18-,21?/m1/s1. The topological polar surface area (TPSA) is 89.9 Å². The highest BCUT2D eigenvalue weighted by Crippen LogP contribution is 2.43. The van der Waals surface area contributed by atoms with E-state index in [1.54, 1.807) is 30.3 Å². The number of rotatable bonds is 7. The van der Waals surface area contributed by atoms with Crippen LogP contribution in [0.25, 0.3) is 0 Å². The van der Waals surface area contributed by atoms with Crippen LogP contribution in [0.15, 0.2) is 23.8 Å². The zero-order chi connectivity index (χ0) is 27.1. The number of thiazole rings is 1. The highest BCUT2D eigenvalue weighted by atomic mass is 35.5. The van der Waals surface area contributed by atoms with E-state index in [4.69, 9.17) is 11.6 Å². The third-order valence-corrected chi connectivity index (χ3v) is 8.67. The molecule has 0 aromatic carbocycles. The van der Waals surface area contributed by atoms with Gasteiger partial charge in [-0.2, -0.15) is 8.78 Å². The number of anilines is 1. The molecular weight excluding hydrogens is 524 g/mol. The lowest BCUT2D eigenvalue weighted by Gasteiger charge is -2.45. The van der Waals surface area contributed by atoms with Crippen molar-refractivity contribution in [3.63, 3.8) is 0 Å². The van der Waals surface area contributed by atoms with Crippen molar-refractivity contribution in [3.8, 4) is 0 Å². The highest BCUT2D eigenvalue weighted by molar-refractivity contribution is 7.09. The molecule has 0 bridgehead atoms. The van der Waals surface area contributed by atoms with Crippen molar-refractivity contribution in [2.24, 2.45) is 0 Å². The number of hydrogen-bond donors (Lipinski definition) is 1. The van der Waals surface area contributed by atoms with Gasteiger partial charge in [-0.05, 0) is 13.0 Å². The Balaban J connectivity index is 1.62. The van der Waals surface area contributed by atoms with Crippen LogP contribution in [0.3, 0.4) is 0 Å². The second-order valence-electron chi connectivity index (χ2n) is 10.5. The molecule has 37 heavy (non-hydrogen) atoms. The Kier molecular flexibility index (Phi) is 7.79. The monoisotopic (exact) mass is 555 g/mol. The smallest absolute Gasteiger partial charge is 0.407 e. The Labute approximate surface area is 224 Å². The minimum absolute atomic E-state index is 0.0322. The maximum absolute atomic E-state index is 14.7. The summed E-state index contributed by atoms with van der Waals surface area (Å²) in [6.07, 6.45) is 2.04. The normalized spacial score (nSPS) is 22.7. The van der Waals surface area contributed by atoms with Gasteiger partial charge in [0.15, 0.2) is 0 Å². The van der Waals surface area contributed by atoms with Gasteiger partial charge in [-0.25, -0.2) is 9.78 Å². The van der Waals surface area contributed by atoms with Gasteiger partial charge in [-0.3, -0.25) is 14.7 Å². The van der Waals surface area contributed by atoms with Crippen LogP contribution in [-0.4, -0.2) is 75.1 Å². The Morgan fingerprint density at radius 3 is 2.68 bits per heavy atom. The summed E-state index contributed by atoms with van der Waals surface area (Å²) >= 11 is 8.15. The van der Waals surface area contributed by atoms with E-state index < -0.39 is 28.8 Å². The van der Waals surface area contributed by atoms with Crippen molar-refractivity contribution in [2.45, 2.75) is 69.3 Å². The average Bonchev–Trinajstić information content (AvgIpc) is 3.45. The maximum atomic E-state index is 14.7. The molecule has 2 amide bonds. The van der Waals surface area contributed by atoms with E-state index in [0.717, 1.165) is 5.56 Å². The van der Waals surface area contributed by atoms with E-state index in [2.05, 4.69) is 9.97 Å². The van der Waals surface area contributed by atoms with Crippen LogP contribution in [0.4, 0.5) is 19.3 Å². The molecule has 2 aromatic heterocycles. The highest BCUT2D eigenvalue weighted by Gasteiger charge is 2.44. The van der Waals surface area contributed by atoms with Gasteiger partial charge in [0.2, 0.25) is 5.91 Å². The number of aromatic nitrogens is 2. The maximum Gasteiger partial charge on any atom is 0.407 e. The first-order chi connectivity index (χ1) is 17.4. The molecular formula is C25H32ClF2N5O3S.